The summed E-state index contributed by atoms with van der Waals surface area (Å²) in [5.41, 5.74) is 2.73. The second-order valence-corrected chi connectivity index (χ2v) is 5.91. The lowest BCUT2D eigenvalue weighted by Crippen LogP contribution is -2.24. The number of hydrogen-bond acceptors (Lipinski definition) is 5. The molecule has 0 saturated carbocycles. The van der Waals surface area contributed by atoms with Crippen molar-refractivity contribution >= 4 is 39.6 Å². The molecule has 0 bridgehead atoms. The van der Waals surface area contributed by atoms with E-state index in [0.29, 0.717) is 10.0 Å². The van der Waals surface area contributed by atoms with Gasteiger partial charge in [0.05, 0.1) is 23.5 Å². The molecule has 0 aliphatic carbocycles. The molecule has 0 saturated heterocycles. The molecule has 0 radical (unpaired) electrons. The average Bonchev–Trinajstić information content (AvgIpc) is 2.59. The van der Waals surface area contributed by atoms with E-state index in [9.17, 15) is 19.1 Å². The number of rotatable bonds is 6. The number of nitrogens with zero attached hydrogens (tertiary/aromatic N) is 1. The first-order valence-corrected chi connectivity index (χ1v) is 8.12. The molecule has 0 aliphatic rings. The van der Waals surface area contributed by atoms with E-state index in [1.165, 1.54) is 37.6 Å². The summed E-state index contributed by atoms with van der Waals surface area (Å²) < 4.78 is 18.8. The highest BCUT2D eigenvalue weighted by atomic mass is 79.9. The zero-order valence-electron chi connectivity index (χ0n) is 13.6. The van der Waals surface area contributed by atoms with E-state index in [2.05, 4.69) is 31.8 Å². The quantitative estimate of drug-likeness (QED) is 0.377. The number of halogens is 2. The van der Waals surface area contributed by atoms with Crippen molar-refractivity contribution in [3.63, 3.8) is 0 Å². The number of anilines is 1. The minimum atomic E-state index is -0.670. The Labute approximate surface area is 157 Å². The molecular weight excluding hydrogens is 409 g/mol. The highest BCUT2D eigenvalue weighted by molar-refractivity contribution is 9.10. The van der Waals surface area contributed by atoms with E-state index >= 15 is 0 Å². The Morgan fingerprint density at radius 1 is 1.31 bits per heavy atom. The maximum Gasteiger partial charge on any atom is 0.249 e. The summed E-state index contributed by atoms with van der Waals surface area (Å²) in [6.07, 6.45) is 0.799. The number of para-hydroxylation sites is 1. The van der Waals surface area contributed by atoms with E-state index in [-0.39, 0.29) is 17.2 Å². The smallest absolute Gasteiger partial charge is 0.249 e. The minimum Gasteiger partial charge on any atom is -0.503 e. The summed E-state index contributed by atoms with van der Waals surface area (Å²) in [6.45, 7) is 0. The second-order valence-electron chi connectivity index (χ2n) is 5.05. The number of amides is 2. The van der Waals surface area contributed by atoms with Crippen molar-refractivity contribution < 1.29 is 23.8 Å². The number of carbonyl (C=O) groups is 2. The second kappa shape index (κ2) is 8.95. The van der Waals surface area contributed by atoms with Crippen LogP contribution in [0, 0.1) is 5.82 Å². The largest absolute Gasteiger partial charge is 0.503 e. The van der Waals surface area contributed by atoms with Crippen LogP contribution in [0.2, 0.25) is 0 Å². The Hall–Kier alpha value is -2.94. The van der Waals surface area contributed by atoms with Gasteiger partial charge < -0.3 is 15.2 Å². The summed E-state index contributed by atoms with van der Waals surface area (Å²) >= 11 is 3.17. The molecule has 136 valence electrons. The zero-order chi connectivity index (χ0) is 19.1. The monoisotopic (exact) mass is 423 g/mol. The summed E-state index contributed by atoms with van der Waals surface area (Å²) in [5, 5.41) is 15.7. The van der Waals surface area contributed by atoms with Crippen molar-refractivity contribution in [3.05, 3.63) is 52.3 Å². The van der Waals surface area contributed by atoms with Gasteiger partial charge in [0.2, 0.25) is 11.8 Å². The average molecular weight is 424 g/mol. The molecule has 2 aromatic carbocycles. The normalized spacial score (nSPS) is 10.6. The molecule has 0 aliphatic heterocycles. The number of carbonyl (C=O) groups excluding carboxylic acids is 2. The van der Waals surface area contributed by atoms with Crippen LogP contribution in [0.1, 0.15) is 12.0 Å². The fourth-order valence-corrected chi connectivity index (χ4v) is 2.40. The number of phenols is 1. The SMILES string of the molecule is COc1cc(C=NNC(=O)CC(=O)Nc2ccccc2F)cc(Br)c1O. The number of nitrogens with one attached hydrogen (secondary N) is 2. The topological polar surface area (TPSA) is 100 Å². The molecule has 26 heavy (non-hydrogen) atoms. The predicted molar refractivity (Wildman–Crippen MR) is 97.7 cm³/mol. The lowest BCUT2D eigenvalue weighted by Gasteiger charge is -2.06. The first-order valence-electron chi connectivity index (χ1n) is 7.33. The Morgan fingerprint density at radius 3 is 2.73 bits per heavy atom. The summed E-state index contributed by atoms with van der Waals surface area (Å²) in [4.78, 5) is 23.4. The van der Waals surface area contributed by atoms with Crippen molar-refractivity contribution in [1.82, 2.24) is 5.43 Å². The fraction of sp³-hybridized carbons (Fsp3) is 0.118. The maximum absolute atomic E-state index is 13.4. The van der Waals surface area contributed by atoms with Gasteiger partial charge in [0.25, 0.3) is 0 Å². The summed E-state index contributed by atoms with van der Waals surface area (Å²) in [7, 11) is 1.40. The van der Waals surface area contributed by atoms with Crippen LogP contribution in [0.4, 0.5) is 10.1 Å². The highest BCUT2D eigenvalue weighted by Gasteiger charge is 2.11. The van der Waals surface area contributed by atoms with Crippen molar-refractivity contribution in [3.8, 4) is 11.5 Å². The van der Waals surface area contributed by atoms with Crippen LogP contribution in [0.25, 0.3) is 0 Å². The van der Waals surface area contributed by atoms with Gasteiger partial charge in [-0.25, -0.2) is 9.82 Å². The number of phenolic OH excluding ortho intramolecular Hbond substituents is 1. The van der Waals surface area contributed by atoms with Crippen molar-refractivity contribution in [2.45, 2.75) is 6.42 Å². The molecule has 0 fully saturated rings. The predicted octanol–water partition coefficient (Wildman–Crippen LogP) is 2.78. The van der Waals surface area contributed by atoms with Crippen LogP contribution < -0.4 is 15.5 Å². The first kappa shape index (κ1) is 19.4. The number of ether oxygens (including phenoxy) is 1. The minimum absolute atomic E-state index is 0.00478. The molecule has 0 heterocycles. The molecule has 0 spiro atoms. The Kier molecular flexibility index (Phi) is 6.67. The van der Waals surface area contributed by atoms with Crippen molar-refractivity contribution in [2.75, 3.05) is 12.4 Å². The van der Waals surface area contributed by atoms with Crippen LogP contribution in [0.3, 0.4) is 0 Å². The fourth-order valence-electron chi connectivity index (χ4n) is 1.95. The van der Waals surface area contributed by atoms with Crippen molar-refractivity contribution in [2.24, 2.45) is 5.10 Å². The van der Waals surface area contributed by atoms with Crippen LogP contribution in [-0.2, 0) is 9.59 Å². The highest BCUT2D eigenvalue weighted by Crippen LogP contribution is 2.34. The van der Waals surface area contributed by atoms with Crippen LogP contribution in [-0.4, -0.2) is 30.2 Å². The molecule has 0 atom stereocenters. The van der Waals surface area contributed by atoms with Gasteiger partial charge in [0, 0.05) is 0 Å². The molecule has 7 nitrogen and oxygen atoms in total. The van der Waals surface area contributed by atoms with Gasteiger partial charge in [-0.3, -0.25) is 9.59 Å². The molecule has 2 amide bonds. The zero-order valence-corrected chi connectivity index (χ0v) is 15.2. The van der Waals surface area contributed by atoms with Gasteiger partial charge in [-0.2, -0.15) is 5.10 Å². The third-order valence-electron chi connectivity index (χ3n) is 3.14. The van der Waals surface area contributed by atoms with E-state index in [1.54, 1.807) is 12.1 Å². The van der Waals surface area contributed by atoms with Gasteiger partial charge in [0.1, 0.15) is 12.2 Å². The van der Waals surface area contributed by atoms with E-state index in [0.717, 1.165) is 0 Å². The Bertz CT molecular complexity index is 858. The standard InChI is InChI=1S/C17H15BrFN3O4/c1-26-14-7-10(6-11(18)17(14)25)9-20-22-16(24)8-15(23)21-13-5-3-2-4-12(13)19/h2-7,9,25H,8H2,1H3,(H,21,23)(H,22,24). The van der Waals surface area contributed by atoms with Crippen molar-refractivity contribution in [1.29, 1.82) is 0 Å². The molecule has 3 N–H and O–H groups in total. The summed E-state index contributed by atoms with van der Waals surface area (Å²) in [6, 6.07) is 8.72. The maximum atomic E-state index is 13.4. The summed E-state index contributed by atoms with van der Waals surface area (Å²) in [5.74, 6) is -1.75. The lowest BCUT2D eigenvalue weighted by atomic mass is 10.2. The number of aromatic hydroxyl groups is 1. The van der Waals surface area contributed by atoms with E-state index < -0.39 is 24.1 Å². The van der Waals surface area contributed by atoms with E-state index in [1.807, 2.05) is 0 Å². The van der Waals surface area contributed by atoms with Crippen LogP contribution in [0.5, 0.6) is 11.5 Å². The molecule has 0 aromatic heterocycles. The van der Waals surface area contributed by atoms with Crippen LogP contribution >= 0.6 is 15.9 Å². The van der Waals surface area contributed by atoms with Gasteiger partial charge in [-0.15, -0.1) is 0 Å². The number of hydrogen-bond donors (Lipinski definition) is 3. The lowest BCUT2D eigenvalue weighted by molar-refractivity contribution is -0.126. The molecule has 9 heteroatoms. The third-order valence-corrected chi connectivity index (χ3v) is 3.75. The third kappa shape index (κ3) is 5.28. The first-order chi connectivity index (χ1) is 12.4. The van der Waals surface area contributed by atoms with Gasteiger partial charge >= 0.3 is 0 Å². The molecule has 2 rings (SSSR count). The molecular formula is C17H15BrFN3O4. The van der Waals surface area contributed by atoms with Gasteiger partial charge in [-0.1, -0.05) is 12.1 Å². The molecule has 0 unspecified atom stereocenters. The molecule has 2 aromatic rings. The van der Waals surface area contributed by atoms with Crippen LogP contribution in [0.15, 0.2) is 46.0 Å². The van der Waals surface area contributed by atoms with Gasteiger partial charge in [-0.05, 0) is 45.8 Å². The van der Waals surface area contributed by atoms with E-state index in [4.69, 9.17) is 4.74 Å². The van der Waals surface area contributed by atoms with Gasteiger partial charge in [0.15, 0.2) is 11.5 Å². The number of hydrazone groups is 1. The Balaban J connectivity index is 1.90. The number of benzene rings is 2. The Morgan fingerprint density at radius 2 is 2.04 bits per heavy atom. The number of methoxy groups -OCH3 is 1.